The molecule has 3 N–H and O–H groups in total. The van der Waals surface area contributed by atoms with E-state index < -0.39 is 0 Å². The van der Waals surface area contributed by atoms with Crippen LogP contribution in [-0.2, 0) is 0 Å². The van der Waals surface area contributed by atoms with Crippen LogP contribution in [0.3, 0.4) is 0 Å². The van der Waals surface area contributed by atoms with Gasteiger partial charge in [0.15, 0.2) is 0 Å². The van der Waals surface area contributed by atoms with E-state index in [4.69, 9.17) is 0 Å². The van der Waals surface area contributed by atoms with Gasteiger partial charge in [0.2, 0.25) is 0 Å². The molecule has 0 spiro atoms. The quantitative estimate of drug-likeness (QED) is 0.624. The van der Waals surface area contributed by atoms with E-state index >= 15 is 0 Å². The van der Waals surface area contributed by atoms with Crippen molar-refractivity contribution < 1.29 is 9.90 Å². The molecule has 0 aliphatic rings. The average molecular weight is 294 g/mol. The largest absolute Gasteiger partial charge is 0.506 e. The van der Waals surface area contributed by atoms with Crippen LogP contribution < -0.4 is 5.32 Å². The second-order valence-corrected chi connectivity index (χ2v) is 5.65. The number of amides is 1. The SMILES string of the molecule is Cc1ccc(O)c(NC(=O)c2[nH]c3ccc(C)cc3c2C)c1. The third kappa shape index (κ3) is 2.44. The van der Waals surface area contributed by atoms with Gasteiger partial charge < -0.3 is 15.4 Å². The van der Waals surface area contributed by atoms with Gasteiger partial charge in [-0.2, -0.15) is 0 Å². The summed E-state index contributed by atoms with van der Waals surface area (Å²) in [6, 6.07) is 11.1. The van der Waals surface area contributed by atoms with E-state index in [1.807, 2.05) is 32.9 Å². The topological polar surface area (TPSA) is 65.1 Å². The summed E-state index contributed by atoms with van der Waals surface area (Å²) in [5, 5.41) is 13.7. The third-order valence-corrected chi connectivity index (χ3v) is 3.84. The molecular weight excluding hydrogens is 276 g/mol. The fourth-order valence-corrected chi connectivity index (χ4v) is 2.60. The smallest absolute Gasteiger partial charge is 0.272 e. The molecule has 2 aromatic carbocycles. The van der Waals surface area contributed by atoms with Gasteiger partial charge in [0.25, 0.3) is 5.91 Å². The molecule has 3 aromatic rings. The van der Waals surface area contributed by atoms with Crippen LogP contribution in [0, 0.1) is 20.8 Å². The van der Waals surface area contributed by atoms with Gasteiger partial charge in [-0.05, 0) is 56.2 Å². The Morgan fingerprint density at radius 2 is 1.73 bits per heavy atom. The summed E-state index contributed by atoms with van der Waals surface area (Å²) in [6.45, 7) is 5.85. The van der Waals surface area contributed by atoms with Crippen LogP contribution in [-0.4, -0.2) is 16.0 Å². The number of phenolic OH excluding ortho intramolecular Hbond substituents is 1. The fraction of sp³-hybridized carbons (Fsp3) is 0.167. The first-order chi connectivity index (χ1) is 10.5. The van der Waals surface area contributed by atoms with E-state index in [0.717, 1.165) is 27.6 Å². The average Bonchev–Trinajstić information content (AvgIpc) is 2.80. The lowest BCUT2D eigenvalue weighted by Gasteiger charge is -2.08. The molecule has 1 heterocycles. The summed E-state index contributed by atoms with van der Waals surface area (Å²) < 4.78 is 0. The first kappa shape index (κ1) is 14.2. The molecule has 0 unspecified atom stereocenters. The van der Waals surface area contributed by atoms with Crippen LogP contribution in [0.25, 0.3) is 10.9 Å². The number of nitrogens with one attached hydrogen (secondary N) is 2. The van der Waals surface area contributed by atoms with Gasteiger partial charge in [-0.15, -0.1) is 0 Å². The molecule has 0 saturated carbocycles. The monoisotopic (exact) mass is 294 g/mol. The molecule has 0 aliphatic carbocycles. The lowest BCUT2D eigenvalue weighted by molar-refractivity contribution is 0.102. The minimum Gasteiger partial charge on any atom is -0.506 e. The molecule has 1 aromatic heterocycles. The Morgan fingerprint density at radius 1 is 1.05 bits per heavy atom. The number of phenols is 1. The summed E-state index contributed by atoms with van der Waals surface area (Å²) in [5.41, 5.74) is 4.89. The Balaban J connectivity index is 1.99. The highest BCUT2D eigenvalue weighted by Gasteiger charge is 2.16. The molecule has 4 heteroatoms. The molecule has 0 saturated heterocycles. The minimum absolute atomic E-state index is 0.0589. The summed E-state index contributed by atoms with van der Waals surface area (Å²) >= 11 is 0. The van der Waals surface area contributed by atoms with Crippen molar-refractivity contribution >= 4 is 22.5 Å². The Kier molecular flexibility index (Phi) is 3.37. The second kappa shape index (κ2) is 5.22. The van der Waals surface area contributed by atoms with Crippen LogP contribution in [0.4, 0.5) is 5.69 Å². The highest BCUT2D eigenvalue weighted by molar-refractivity contribution is 6.08. The number of anilines is 1. The highest BCUT2D eigenvalue weighted by Crippen LogP contribution is 2.27. The van der Waals surface area contributed by atoms with E-state index in [1.165, 1.54) is 0 Å². The van der Waals surface area contributed by atoms with Crippen molar-refractivity contribution in [3.8, 4) is 5.75 Å². The van der Waals surface area contributed by atoms with Crippen LogP contribution in [0.1, 0.15) is 27.2 Å². The number of aromatic nitrogens is 1. The summed E-state index contributed by atoms with van der Waals surface area (Å²) in [7, 11) is 0. The van der Waals surface area contributed by atoms with Crippen molar-refractivity contribution in [2.24, 2.45) is 0 Å². The number of H-pyrrole nitrogens is 1. The van der Waals surface area contributed by atoms with Gasteiger partial charge in [-0.25, -0.2) is 0 Å². The van der Waals surface area contributed by atoms with Crippen molar-refractivity contribution in [2.75, 3.05) is 5.32 Å². The van der Waals surface area contributed by atoms with Crippen LogP contribution in [0.5, 0.6) is 5.75 Å². The molecule has 3 rings (SSSR count). The number of benzene rings is 2. The number of aryl methyl sites for hydroxylation is 3. The Morgan fingerprint density at radius 3 is 2.50 bits per heavy atom. The van der Waals surface area contributed by atoms with Crippen LogP contribution >= 0.6 is 0 Å². The zero-order valence-corrected chi connectivity index (χ0v) is 12.8. The van der Waals surface area contributed by atoms with Gasteiger partial charge in [0.1, 0.15) is 11.4 Å². The summed E-state index contributed by atoms with van der Waals surface area (Å²) in [5.74, 6) is -0.198. The number of rotatable bonds is 2. The molecule has 1 amide bonds. The zero-order valence-electron chi connectivity index (χ0n) is 12.8. The fourth-order valence-electron chi connectivity index (χ4n) is 2.60. The van der Waals surface area contributed by atoms with Gasteiger partial charge >= 0.3 is 0 Å². The van der Waals surface area contributed by atoms with E-state index in [0.29, 0.717) is 11.4 Å². The first-order valence-corrected chi connectivity index (χ1v) is 7.15. The number of aromatic amines is 1. The zero-order chi connectivity index (χ0) is 15.9. The molecule has 112 valence electrons. The maximum Gasteiger partial charge on any atom is 0.272 e. The predicted octanol–water partition coefficient (Wildman–Crippen LogP) is 4.05. The van der Waals surface area contributed by atoms with Crippen LogP contribution in [0.15, 0.2) is 36.4 Å². The summed E-state index contributed by atoms with van der Waals surface area (Å²) in [4.78, 5) is 15.7. The van der Waals surface area contributed by atoms with Gasteiger partial charge in [0, 0.05) is 10.9 Å². The summed E-state index contributed by atoms with van der Waals surface area (Å²) in [6.07, 6.45) is 0. The third-order valence-electron chi connectivity index (χ3n) is 3.84. The van der Waals surface area contributed by atoms with E-state index in [9.17, 15) is 9.90 Å². The molecule has 4 nitrogen and oxygen atoms in total. The molecule has 0 aliphatic heterocycles. The number of hydrogen-bond donors (Lipinski definition) is 3. The Hall–Kier alpha value is -2.75. The number of carbonyl (C=O) groups is 1. The van der Waals surface area contributed by atoms with Crippen molar-refractivity contribution in [3.05, 3.63) is 58.8 Å². The lowest BCUT2D eigenvalue weighted by atomic mass is 10.1. The van der Waals surface area contributed by atoms with Gasteiger partial charge in [-0.3, -0.25) is 4.79 Å². The molecule has 0 fully saturated rings. The van der Waals surface area contributed by atoms with Crippen LogP contribution in [0.2, 0.25) is 0 Å². The Labute approximate surface area is 128 Å². The normalized spacial score (nSPS) is 10.9. The molecule has 0 bridgehead atoms. The van der Waals surface area contributed by atoms with E-state index in [-0.39, 0.29) is 11.7 Å². The number of carbonyl (C=O) groups excluding carboxylic acids is 1. The molecule has 0 radical (unpaired) electrons. The van der Waals surface area contributed by atoms with Crippen molar-refractivity contribution in [1.82, 2.24) is 4.98 Å². The maximum absolute atomic E-state index is 12.5. The number of fused-ring (bicyclic) bond motifs is 1. The number of aromatic hydroxyl groups is 1. The predicted molar refractivity (Wildman–Crippen MR) is 88.6 cm³/mol. The first-order valence-electron chi connectivity index (χ1n) is 7.15. The van der Waals surface area contributed by atoms with Crippen molar-refractivity contribution in [2.45, 2.75) is 20.8 Å². The van der Waals surface area contributed by atoms with Gasteiger partial charge in [-0.1, -0.05) is 17.7 Å². The molecule has 22 heavy (non-hydrogen) atoms. The standard InChI is InChI=1S/C18H18N2O2/c1-10-4-6-14-13(8-10)12(3)17(19-14)18(22)20-15-9-11(2)5-7-16(15)21/h4-9,19,21H,1-3H3,(H,20,22). The molecular formula is C18H18N2O2. The highest BCUT2D eigenvalue weighted by atomic mass is 16.3. The lowest BCUT2D eigenvalue weighted by Crippen LogP contribution is -2.13. The van der Waals surface area contributed by atoms with E-state index in [1.54, 1.807) is 18.2 Å². The van der Waals surface area contributed by atoms with Crippen molar-refractivity contribution in [3.63, 3.8) is 0 Å². The number of hydrogen-bond acceptors (Lipinski definition) is 2. The van der Waals surface area contributed by atoms with E-state index in [2.05, 4.69) is 16.4 Å². The van der Waals surface area contributed by atoms with Crippen molar-refractivity contribution in [1.29, 1.82) is 0 Å². The Bertz CT molecular complexity index is 878. The van der Waals surface area contributed by atoms with Gasteiger partial charge in [0.05, 0.1) is 5.69 Å². The minimum atomic E-state index is -0.257. The second-order valence-electron chi connectivity index (χ2n) is 5.65. The molecule has 0 atom stereocenters. The maximum atomic E-state index is 12.5.